The van der Waals surface area contributed by atoms with Crippen molar-refractivity contribution in [2.45, 2.75) is 40.8 Å². The van der Waals surface area contributed by atoms with Gasteiger partial charge in [-0.3, -0.25) is 4.79 Å². The summed E-state index contributed by atoms with van der Waals surface area (Å²) in [7, 11) is -1.86. The molecule has 0 saturated heterocycles. The Morgan fingerprint density at radius 1 is 0.649 bits per heavy atom. The summed E-state index contributed by atoms with van der Waals surface area (Å²) in [6.07, 6.45) is 1.03. The van der Waals surface area contributed by atoms with E-state index < -0.39 is 19.2 Å². The Balaban J connectivity index is 0.000000530. The summed E-state index contributed by atoms with van der Waals surface area (Å²) >= 11 is 0. The fraction of sp³-hybridized carbons (Fsp3) is 0.188. The van der Waals surface area contributed by atoms with E-state index in [1.165, 1.54) is 38.2 Å². The number of benzene rings is 4. The Kier molecular flexibility index (Phi) is 11.2. The third-order valence-electron chi connectivity index (χ3n) is 5.59. The van der Waals surface area contributed by atoms with Gasteiger partial charge in [-0.2, -0.15) is 0 Å². The zero-order valence-corrected chi connectivity index (χ0v) is 23.0. The van der Waals surface area contributed by atoms with E-state index in [1.54, 1.807) is 0 Å². The molecule has 0 aliphatic heterocycles. The maximum absolute atomic E-state index is 9.00. The van der Waals surface area contributed by atoms with Crippen molar-refractivity contribution in [3.8, 4) is 0 Å². The summed E-state index contributed by atoms with van der Waals surface area (Å²) in [5.41, 5.74) is 5.35. The van der Waals surface area contributed by atoms with Crippen molar-refractivity contribution < 1.29 is 19.8 Å². The molecule has 0 aromatic heterocycles. The first-order chi connectivity index (χ1) is 17.5. The molecule has 0 fully saturated rings. The molecular formula is C32H35O4P. The first-order valence-corrected chi connectivity index (χ1v) is 14.0. The summed E-state index contributed by atoms with van der Waals surface area (Å²) in [5.74, 6) is -1.92. The minimum Gasteiger partial charge on any atom is -0.550 e. The Hall–Kier alpha value is -3.75. The van der Waals surface area contributed by atoms with Crippen LogP contribution in [0.2, 0.25) is 0 Å². The number of carbonyl (C=O) groups is 2. The summed E-state index contributed by atoms with van der Waals surface area (Å²) in [4.78, 5) is 17.9. The number of carboxylic acids is 2. The third kappa shape index (κ3) is 9.00. The minimum atomic E-state index is -1.86. The lowest BCUT2D eigenvalue weighted by molar-refractivity contribution is -0.302. The molecule has 5 heteroatoms. The molecule has 0 aliphatic carbocycles. The highest BCUT2D eigenvalue weighted by Gasteiger charge is 2.45. The van der Waals surface area contributed by atoms with Crippen LogP contribution >= 0.6 is 7.26 Å². The van der Waals surface area contributed by atoms with Gasteiger partial charge in [0.2, 0.25) is 0 Å². The van der Waals surface area contributed by atoms with E-state index in [4.69, 9.17) is 19.8 Å². The molecule has 0 bridgehead atoms. The Bertz CT molecular complexity index is 1180. The first kappa shape index (κ1) is 29.5. The van der Waals surface area contributed by atoms with Gasteiger partial charge in [-0.25, -0.2) is 0 Å². The van der Waals surface area contributed by atoms with Gasteiger partial charge < -0.3 is 15.0 Å². The SMILES string of the molecule is CC(=O)O.CC(=O)[O-].Cc1cccc([P+](Cc2ccccc2)(c2cccc(C)c2)c2cccc(C)c2)c1. The molecule has 0 heterocycles. The van der Waals surface area contributed by atoms with Crippen LogP contribution in [0.15, 0.2) is 103 Å². The summed E-state index contributed by atoms with van der Waals surface area (Å²) in [5, 5.41) is 20.7. The average molecular weight is 515 g/mol. The Labute approximate surface area is 221 Å². The molecule has 37 heavy (non-hydrogen) atoms. The molecule has 0 atom stereocenters. The largest absolute Gasteiger partial charge is 0.550 e. The van der Waals surface area contributed by atoms with Crippen LogP contribution in [0.1, 0.15) is 36.1 Å². The van der Waals surface area contributed by atoms with Crippen LogP contribution < -0.4 is 21.0 Å². The van der Waals surface area contributed by atoms with Crippen molar-refractivity contribution in [3.05, 3.63) is 125 Å². The van der Waals surface area contributed by atoms with Crippen LogP contribution in [-0.2, 0) is 15.8 Å². The number of aryl methyl sites for hydroxylation is 3. The molecule has 4 rings (SSSR count). The highest BCUT2D eigenvalue weighted by Crippen LogP contribution is 2.58. The molecule has 0 spiro atoms. The zero-order valence-electron chi connectivity index (χ0n) is 22.1. The number of aliphatic carboxylic acids is 2. The predicted molar refractivity (Wildman–Crippen MR) is 153 cm³/mol. The van der Waals surface area contributed by atoms with Crippen molar-refractivity contribution in [3.63, 3.8) is 0 Å². The lowest BCUT2D eigenvalue weighted by Gasteiger charge is -2.28. The van der Waals surface area contributed by atoms with Gasteiger partial charge in [0.15, 0.2) is 0 Å². The average Bonchev–Trinajstić information content (AvgIpc) is 2.82. The van der Waals surface area contributed by atoms with Crippen molar-refractivity contribution >= 4 is 35.1 Å². The number of rotatable bonds is 5. The van der Waals surface area contributed by atoms with Gasteiger partial charge in [0.1, 0.15) is 23.2 Å². The normalized spacial score (nSPS) is 10.3. The van der Waals surface area contributed by atoms with E-state index in [0.717, 1.165) is 20.0 Å². The quantitative estimate of drug-likeness (QED) is 0.382. The first-order valence-electron chi connectivity index (χ1n) is 12.1. The van der Waals surface area contributed by atoms with E-state index in [-0.39, 0.29) is 0 Å². The van der Waals surface area contributed by atoms with E-state index in [1.807, 2.05) is 0 Å². The summed E-state index contributed by atoms with van der Waals surface area (Å²) in [6, 6.07) is 38.5. The second kappa shape index (κ2) is 14.1. The van der Waals surface area contributed by atoms with Gasteiger partial charge in [-0.15, -0.1) is 0 Å². The highest BCUT2D eigenvalue weighted by molar-refractivity contribution is 7.95. The summed E-state index contributed by atoms with van der Waals surface area (Å²) in [6.45, 7) is 8.66. The maximum atomic E-state index is 9.00. The van der Waals surface area contributed by atoms with Crippen LogP contribution in [-0.4, -0.2) is 17.0 Å². The molecule has 0 aliphatic rings. The minimum absolute atomic E-state index is 0.833. The van der Waals surface area contributed by atoms with E-state index in [2.05, 4.69) is 124 Å². The number of carbonyl (C=O) groups excluding carboxylic acids is 1. The van der Waals surface area contributed by atoms with Crippen LogP contribution in [0.4, 0.5) is 0 Å². The van der Waals surface area contributed by atoms with Gasteiger partial charge in [-0.1, -0.05) is 66.7 Å². The van der Waals surface area contributed by atoms with Crippen molar-refractivity contribution in [2.24, 2.45) is 0 Å². The molecule has 192 valence electrons. The van der Waals surface area contributed by atoms with Gasteiger partial charge in [0, 0.05) is 12.9 Å². The molecule has 0 amide bonds. The predicted octanol–water partition coefficient (Wildman–Crippen LogP) is 4.95. The fourth-order valence-electron chi connectivity index (χ4n) is 4.17. The molecule has 4 nitrogen and oxygen atoms in total. The third-order valence-corrected chi connectivity index (χ3v) is 9.91. The molecule has 4 aromatic carbocycles. The van der Waals surface area contributed by atoms with Crippen LogP contribution in [0.5, 0.6) is 0 Å². The lowest BCUT2D eigenvalue weighted by Crippen LogP contribution is -2.33. The zero-order chi connectivity index (χ0) is 27.4. The van der Waals surface area contributed by atoms with Gasteiger partial charge in [0.25, 0.3) is 5.97 Å². The topological polar surface area (TPSA) is 77.4 Å². The summed E-state index contributed by atoms with van der Waals surface area (Å²) < 4.78 is 0. The Morgan fingerprint density at radius 3 is 1.27 bits per heavy atom. The van der Waals surface area contributed by atoms with Crippen LogP contribution in [0, 0.1) is 20.8 Å². The maximum Gasteiger partial charge on any atom is 0.300 e. The smallest absolute Gasteiger partial charge is 0.300 e. The standard InChI is InChI=1S/C28H28P.2C2H4O2/c1-22-10-7-15-26(18-22)29(21-25-13-5-4-6-14-25,27-16-8-11-23(2)19-27)28-17-9-12-24(3)20-28;2*1-2(3)4/h4-20H,21H2,1-3H3;2*1H3,(H,3,4)/q+1;;/p-1. The second-order valence-electron chi connectivity index (χ2n) is 8.98. The van der Waals surface area contributed by atoms with Crippen LogP contribution in [0.25, 0.3) is 0 Å². The van der Waals surface area contributed by atoms with Crippen molar-refractivity contribution in [1.82, 2.24) is 0 Å². The fourth-order valence-corrected chi connectivity index (χ4v) is 8.67. The van der Waals surface area contributed by atoms with Gasteiger partial charge in [0.05, 0.1) is 6.16 Å². The second-order valence-corrected chi connectivity index (χ2v) is 12.5. The number of hydrogen-bond acceptors (Lipinski definition) is 3. The number of hydrogen-bond donors (Lipinski definition) is 1. The van der Waals surface area contributed by atoms with Crippen molar-refractivity contribution in [1.29, 1.82) is 0 Å². The molecule has 0 radical (unpaired) electrons. The molecule has 0 saturated carbocycles. The highest BCUT2D eigenvalue weighted by atomic mass is 31.2. The van der Waals surface area contributed by atoms with Gasteiger partial charge in [-0.05, 0) is 86.3 Å². The molecule has 0 unspecified atom stereocenters. The lowest BCUT2D eigenvalue weighted by atomic mass is 10.2. The van der Waals surface area contributed by atoms with E-state index >= 15 is 0 Å². The number of carboxylic acid groups (broad SMARTS) is 2. The molecule has 4 aromatic rings. The molecule has 1 N–H and O–H groups in total. The van der Waals surface area contributed by atoms with E-state index in [0.29, 0.717) is 0 Å². The van der Waals surface area contributed by atoms with E-state index in [9.17, 15) is 0 Å². The van der Waals surface area contributed by atoms with Gasteiger partial charge >= 0.3 is 0 Å². The molecular weight excluding hydrogens is 479 g/mol. The Morgan fingerprint density at radius 2 is 0.973 bits per heavy atom. The monoisotopic (exact) mass is 514 g/mol. The van der Waals surface area contributed by atoms with Crippen LogP contribution in [0.3, 0.4) is 0 Å². The van der Waals surface area contributed by atoms with Crippen molar-refractivity contribution in [2.75, 3.05) is 0 Å².